The molecule has 1 aromatic rings. The van der Waals surface area contributed by atoms with E-state index in [4.69, 9.17) is 18.9 Å². The minimum Gasteiger partial charge on any atom is -0.493 e. The fourth-order valence-corrected chi connectivity index (χ4v) is 2.07. The molecule has 110 valence electrons. The van der Waals surface area contributed by atoms with E-state index in [1.165, 1.54) is 7.11 Å². The van der Waals surface area contributed by atoms with Gasteiger partial charge in [0.2, 0.25) is 5.75 Å². The third-order valence-electron chi connectivity index (χ3n) is 3.21. The minimum absolute atomic E-state index is 0.156. The van der Waals surface area contributed by atoms with Crippen molar-refractivity contribution in [2.24, 2.45) is 0 Å². The summed E-state index contributed by atoms with van der Waals surface area (Å²) in [5, 5.41) is 2.79. The number of benzene rings is 1. The zero-order chi connectivity index (χ0) is 14.9. The van der Waals surface area contributed by atoms with Crippen molar-refractivity contribution in [2.45, 2.75) is 25.7 Å². The van der Waals surface area contributed by atoms with Crippen LogP contribution >= 0.6 is 0 Å². The summed E-state index contributed by atoms with van der Waals surface area (Å²) in [5.74, 6) is 1.38. The highest BCUT2D eigenvalue weighted by Gasteiger charge is 2.41. The molecule has 2 rings (SSSR count). The average Bonchev–Trinajstić information content (AvgIpc) is 2.71. The van der Waals surface area contributed by atoms with E-state index in [0.717, 1.165) is 5.56 Å². The zero-order valence-corrected chi connectivity index (χ0v) is 12.3. The molecule has 1 aliphatic heterocycles. The third-order valence-corrected chi connectivity index (χ3v) is 3.21. The molecule has 6 nitrogen and oxygen atoms in total. The Morgan fingerprint density at radius 1 is 1.10 bits per heavy atom. The predicted octanol–water partition coefficient (Wildman–Crippen LogP) is 1.64. The maximum absolute atomic E-state index is 11.8. The number of ether oxygens (including phenoxy) is 4. The Bertz CT molecular complexity index is 501. The maximum Gasteiger partial charge on any atom is 0.254 e. The Morgan fingerprint density at radius 3 is 2.00 bits per heavy atom. The Balaban J connectivity index is 2.41. The normalized spacial score (nSPS) is 20.4. The first-order valence-electron chi connectivity index (χ1n) is 6.21. The minimum atomic E-state index is -0.856. The van der Waals surface area contributed by atoms with Crippen LogP contribution in [-0.2, 0) is 9.53 Å². The lowest BCUT2D eigenvalue weighted by Crippen LogP contribution is -2.32. The molecule has 1 aliphatic rings. The molecule has 0 spiro atoms. The molecule has 0 aliphatic carbocycles. The van der Waals surface area contributed by atoms with E-state index in [-0.39, 0.29) is 5.91 Å². The van der Waals surface area contributed by atoms with Crippen LogP contribution < -0.4 is 19.5 Å². The number of methoxy groups -OCH3 is 3. The van der Waals surface area contributed by atoms with E-state index < -0.39 is 11.8 Å². The third kappa shape index (κ3) is 2.38. The van der Waals surface area contributed by atoms with Crippen molar-refractivity contribution in [1.29, 1.82) is 0 Å². The summed E-state index contributed by atoms with van der Waals surface area (Å²) in [5.41, 5.74) is -0.121. The number of hydrogen-bond donors (Lipinski definition) is 1. The molecule has 0 unspecified atom stereocenters. The molecule has 1 N–H and O–H groups in total. The molecule has 6 heteroatoms. The van der Waals surface area contributed by atoms with Crippen molar-refractivity contribution in [1.82, 2.24) is 5.32 Å². The smallest absolute Gasteiger partial charge is 0.254 e. The van der Waals surface area contributed by atoms with Crippen LogP contribution in [0.25, 0.3) is 0 Å². The highest BCUT2D eigenvalue weighted by molar-refractivity contribution is 5.86. The van der Waals surface area contributed by atoms with Gasteiger partial charge < -0.3 is 24.3 Å². The molecule has 1 aromatic carbocycles. The van der Waals surface area contributed by atoms with Gasteiger partial charge in [-0.2, -0.15) is 0 Å². The monoisotopic (exact) mass is 281 g/mol. The van der Waals surface area contributed by atoms with Crippen LogP contribution in [0.4, 0.5) is 0 Å². The van der Waals surface area contributed by atoms with Gasteiger partial charge in [-0.1, -0.05) is 0 Å². The first-order valence-corrected chi connectivity index (χ1v) is 6.21. The summed E-state index contributed by atoms with van der Waals surface area (Å²) in [6, 6.07) is 3.52. The van der Waals surface area contributed by atoms with Crippen LogP contribution in [0.3, 0.4) is 0 Å². The van der Waals surface area contributed by atoms with Crippen LogP contribution in [0, 0.1) is 0 Å². The SMILES string of the molecule is COc1cc([C@@H]2NC(=O)C(C)(C)O2)cc(OC)c1OC. The first-order chi connectivity index (χ1) is 9.42. The summed E-state index contributed by atoms with van der Waals surface area (Å²) in [6.07, 6.45) is -0.536. The predicted molar refractivity (Wildman–Crippen MR) is 72.1 cm³/mol. The highest BCUT2D eigenvalue weighted by Crippen LogP contribution is 2.41. The number of rotatable bonds is 4. The standard InChI is InChI=1S/C14H19NO5/c1-14(2)13(16)15-12(20-14)8-6-9(17-3)11(19-5)10(7-8)18-4/h6-7,12H,1-5H3,(H,15,16)/t12-/m1/s1. The number of carbonyl (C=O) groups is 1. The first kappa shape index (κ1) is 14.5. The molecular weight excluding hydrogens is 262 g/mol. The van der Waals surface area contributed by atoms with Crippen LogP contribution in [0.5, 0.6) is 17.2 Å². The van der Waals surface area contributed by atoms with Gasteiger partial charge in [0, 0.05) is 5.56 Å². The second-order valence-corrected chi connectivity index (χ2v) is 4.94. The lowest BCUT2D eigenvalue weighted by atomic mass is 10.1. The van der Waals surface area contributed by atoms with Crippen molar-refractivity contribution in [3.63, 3.8) is 0 Å². The molecule has 0 aromatic heterocycles. The van der Waals surface area contributed by atoms with E-state index in [1.54, 1.807) is 40.2 Å². The van der Waals surface area contributed by atoms with Gasteiger partial charge in [-0.15, -0.1) is 0 Å². The quantitative estimate of drug-likeness (QED) is 0.908. The molecule has 0 saturated carbocycles. The van der Waals surface area contributed by atoms with Crippen molar-refractivity contribution in [2.75, 3.05) is 21.3 Å². The molecule has 20 heavy (non-hydrogen) atoms. The average molecular weight is 281 g/mol. The molecule has 1 saturated heterocycles. The molecule has 1 fully saturated rings. The fraction of sp³-hybridized carbons (Fsp3) is 0.500. The van der Waals surface area contributed by atoms with E-state index in [9.17, 15) is 4.79 Å². The summed E-state index contributed by atoms with van der Waals surface area (Å²) < 4.78 is 21.5. The second kappa shape index (κ2) is 5.20. The van der Waals surface area contributed by atoms with Crippen molar-refractivity contribution < 1.29 is 23.7 Å². The highest BCUT2D eigenvalue weighted by atomic mass is 16.5. The summed E-state index contributed by atoms with van der Waals surface area (Å²) >= 11 is 0. The van der Waals surface area contributed by atoms with Crippen LogP contribution in [0.2, 0.25) is 0 Å². The maximum atomic E-state index is 11.8. The fourth-order valence-electron chi connectivity index (χ4n) is 2.07. The Morgan fingerprint density at radius 2 is 1.65 bits per heavy atom. The van der Waals surface area contributed by atoms with Gasteiger partial charge in [0.15, 0.2) is 17.7 Å². The van der Waals surface area contributed by atoms with E-state index in [0.29, 0.717) is 17.2 Å². The number of amides is 1. The Labute approximate surface area is 118 Å². The van der Waals surface area contributed by atoms with Crippen LogP contribution in [0.1, 0.15) is 25.6 Å². The topological polar surface area (TPSA) is 66.0 Å². The van der Waals surface area contributed by atoms with Gasteiger partial charge in [-0.05, 0) is 26.0 Å². The van der Waals surface area contributed by atoms with Gasteiger partial charge in [0.05, 0.1) is 21.3 Å². The molecule has 0 bridgehead atoms. The van der Waals surface area contributed by atoms with Gasteiger partial charge in [0.25, 0.3) is 5.91 Å². The van der Waals surface area contributed by atoms with Gasteiger partial charge in [-0.25, -0.2) is 0 Å². The zero-order valence-electron chi connectivity index (χ0n) is 12.3. The lowest BCUT2D eigenvalue weighted by Gasteiger charge is -2.18. The molecule has 1 amide bonds. The van der Waals surface area contributed by atoms with E-state index in [2.05, 4.69) is 5.32 Å². The number of nitrogens with one attached hydrogen (secondary N) is 1. The van der Waals surface area contributed by atoms with E-state index in [1.807, 2.05) is 0 Å². The molecule has 0 radical (unpaired) electrons. The van der Waals surface area contributed by atoms with Gasteiger partial charge in [-0.3, -0.25) is 4.79 Å². The largest absolute Gasteiger partial charge is 0.493 e. The molecule has 1 atom stereocenters. The summed E-state index contributed by atoms with van der Waals surface area (Å²) in [7, 11) is 4.62. The molecular formula is C14H19NO5. The van der Waals surface area contributed by atoms with E-state index >= 15 is 0 Å². The number of carbonyl (C=O) groups excluding carboxylic acids is 1. The Hall–Kier alpha value is -1.95. The lowest BCUT2D eigenvalue weighted by molar-refractivity contribution is -0.130. The number of hydrogen-bond acceptors (Lipinski definition) is 5. The second-order valence-electron chi connectivity index (χ2n) is 4.94. The van der Waals surface area contributed by atoms with Crippen LogP contribution in [0.15, 0.2) is 12.1 Å². The van der Waals surface area contributed by atoms with Gasteiger partial charge >= 0.3 is 0 Å². The van der Waals surface area contributed by atoms with Gasteiger partial charge in [0.1, 0.15) is 5.60 Å². The van der Waals surface area contributed by atoms with Crippen LogP contribution in [-0.4, -0.2) is 32.8 Å². The summed E-state index contributed by atoms with van der Waals surface area (Å²) in [6.45, 7) is 3.45. The van der Waals surface area contributed by atoms with Crippen molar-refractivity contribution in [3.05, 3.63) is 17.7 Å². The summed E-state index contributed by atoms with van der Waals surface area (Å²) in [4.78, 5) is 11.8. The Kier molecular flexibility index (Phi) is 3.76. The molecule has 1 heterocycles. The van der Waals surface area contributed by atoms with Crippen molar-refractivity contribution >= 4 is 5.91 Å². The van der Waals surface area contributed by atoms with Crippen molar-refractivity contribution in [3.8, 4) is 17.2 Å².